The first-order valence-electron chi connectivity index (χ1n) is 9.81. The fraction of sp³-hybridized carbons (Fsp3) is 0.500. The van der Waals surface area contributed by atoms with Crippen molar-refractivity contribution in [2.75, 3.05) is 26.2 Å². The number of halogens is 5. The number of benzene rings is 1. The molecule has 1 aliphatic carbocycles. The van der Waals surface area contributed by atoms with Crippen LogP contribution in [0.25, 0.3) is 0 Å². The maximum Gasteiger partial charge on any atom is 0.436 e. The van der Waals surface area contributed by atoms with Crippen molar-refractivity contribution in [2.24, 2.45) is 0 Å². The number of rotatable bonds is 5. The first kappa shape index (κ1) is 21.6. The molecule has 1 saturated heterocycles. The first-order valence-corrected chi connectivity index (χ1v) is 11.0. The molecular weight excluding hydrogens is 485 g/mol. The van der Waals surface area contributed by atoms with Gasteiger partial charge >= 0.3 is 6.18 Å². The van der Waals surface area contributed by atoms with Crippen LogP contribution in [-0.4, -0.2) is 51.7 Å². The first-order chi connectivity index (χ1) is 14.2. The number of hydrogen-bond donors (Lipinski definition) is 0. The summed E-state index contributed by atoms with van der Waals surface area (Å²) in [6.45, 7) is 2.94. The van der Waals surface area contributed by atoms with Crippen molar-refractivity contribution >= 4 is 33.4 Å². The number of alkyl halides is 3. The van der Waals surface area contributed by atoms with E-state index in [1.807, 2.05) is 24.3 Å². The second-order valence-electron chi connectivity index (χ2n) is 7.73. The maximum atomic E-state index is 13.3. The summed E-state index contributed by atoms with van der Waals surface area (Å²) in [6, 6.07) is 7.66. The van der Waals surface area contributed by atoms with Gasteiger partial charge in [-0.2, -0.15) is 18.3 Å². The minimum atomic E-state index is -4.55. The van der Waals surface area contributed by atoms with E-state index in [4.69, 9.17) is 11.6 Å². The van der Waals surface area contributed by atoms with Gasteiger partial charge in [-0.05, 0) is 40.4 Å². The average Bonchev–Trinajstić information content (AvgIpc) is 3.47. The SMILES string of the molecule is O=C(Cn1nc(C(F)(F)F)c(Br)c1C1CC1)N1CCN(Cc2ccccc2Cl)CC1. The zero-order valence-electron chi connectivity index (χ0n) is 16.1. The lowest BCUT2D eigenvalue weighted by atomic mass is 10.2. The lowest BCUT2D eigenvalue weighted by Gasteiger charge is -2.35. The Kier molecular flexibility index (Phi) is 6.14. The maximum absolute atomic E-state index is 13.3. The molecule has 0 radical (unpaired) electrons. The molecule has 1 aromatic carbocycles. The van der Waals surface area contributed by atoms with Crippen LogP contribution in [0.1, 0.15) is 35.7 Å². The van der Waals surface area contributed by atoms with Crippen LogP contribution >= 0.6 is 27.5 Å². The number of hydrogen-bond acceptors (Lipinski definition) is 3. The molecule has 1 amide bonds. The Balaban J connectivity index is 1.39. The van der Waals surface area contributed by atoms with Gasteiger partial charge in [0, 0.05) is 43.7 Å². The van der Waals surface area contributed by atoms with E-state index in [0.717, 1.165) is 18.4 Å². The standard InChI is InChI=1S/C20H21BrClF3N4O/c21-17-18(13-5-6-13)29(26-19(17)20(23,24)25)12-16(30)28-9-7-27(8-10-28)11-14-3-1-2-4-15(14)22/h1-4,13H,5-12H2. The van der Waals surface area contributed by atoms with E-state index >= 15 is 0 Å². The molecule has 0 spiro atoms. The number of amides is 1. The monoisotopic (exact) mass is 504 g/mol. The van der Waals surface area contributed by atoms with Crippen LogP contribution < -0.4 is 0 Å². The highest BCUT2D eigenvalue weighted by molar-refractivity contribution is 9.10. The minimum Gasteiger partial charge on any atom is -0.339 e. The molecule has 2 heterocycles. The summed E-state index contributed by atoms with van der Waals surface area (Å²) in [5.74, 6) is -0.179. The highest BCUT2D eigenvalue weighted by Crippen LogP contribution is 2.47. The predicted molar refractivity (Wildman–Crippen MR) is 110 cm³/mol. The van der Waals surface area contributed by atoms with Crippen molar-refractivity contribution in [3.63, 3.8) is 0 Å². The van der Waals surface area contributed by atoms with Crippen LogP contribution in [0.5, 0.6) is 0 Å². The van der Waals surface area contributed by atoms with Gasteiger partial charge in [-0.3, -0.25) is 14.4 Å². The summed E-state index contributed by atoms with van der Waals surface area (Å²) in [7, 11) is 0. The molecule has 0 bridgehead atoms. The lowest BCUT2D eigenvalue weighted by Crippen LogP contribution is -2.49. The number of nitrogens with zero attached hydrogens (tertiary/aromatic N) is 4. The third kappa shape index (κ3) is 4.68. The minimum absolute atomic E-state index is 0.0308. The number of aromatic nitrogens is 2. The molecule has 1 aliphatic heterocycles. The van der Waals surface area contributed by atoms with Crippen LogP contribution in [0.15, 0.2) is 28.7 Å². The van der Waals surface area contributed by atoms with Crippen LogP contribution in [0.4, 0.5) is 13.2 Å². The Hall–Kier alpha value is -1.58. The lowest BCUT2D eigenvalue weighted by molar-refractivity contribution is -0.142. The van der Waals surface area contributed by atoms with Gasteiger partial charge in [-0.15, -0.1) is 0 Å². The van der Waals surface area contributed by atoms with E-state index in [2.05, 4.69) is 25.9 Å². The quantitative estimate of drug-likeness (QED) is 0.599. The van der Waals surface area contributed by atoms with Crippen molar-refractivity contribution in [2.45, 2.75) is 38.0 Å². The second-order valence-corrected chi connectivity index (χ2v) is 8.93. The van der Waals surface area contributed by atoms with Gasteiger partial charge in [0.05, 0.1) is 10.2 Å². The zero-order valence-corrected chi connectivity index (χ0v) is 18.5. The molecule has 2 aliphatic rings. The largest absolute Gasteiger partial charge is 0.436 e. The molecular formula is C20H21BrClF3N4O. The summed E-state index contributed by atoms with van der Waals surface area (Å²) < 4.78 is 41.0. The van der Waals surface area contributed by atoms with Crippen LogP contribution in [0.3, 0.4) is 0 Å². The molecule has 5 nitrogen and oxygen atoms in total. The highest BCUT2D eigenvalue weighted by Gasteiger charge is 2.42. The Morgan fingerprint density at radius 1 is 1.17 bits per heavy atom. The molecule has 0 N–H and O–H groups in total. The van der Waals surface area contributed by atoms with Gasteiger partial charge in [0.2, 0.25) is 5.91 Å². The van der Waals surface area contributed by atoms with Crippen molar-refractivity contribution in [3.8, 4) is 0 Å². The van der Waals surface area contributed by atoms with Gasteiger partial charge in [0.25, 0.3) is 0 Å². The normalized spacial score (nSPS) is 18.1. The van der Waals surface area contributed by atoms with Gasteiger partial charge in [-0.1, -0.05) is 29.8 Å². The number of carbonyl (C=O) groups excluding carboxylic acids is 1. The van der Waals surface area contributed by atoms with Crippen LogP contribution in [0.2, 0.25) is 5.02 Å². The molecule has 2 fully saturated rings. The van der Waals surface area contributed by atoms with E-state index in [1.165, 1.54) is 4.68 Å². The Morgan fingerprint density at radius 3 is 2.43 bits per heavy atom. The fourth-order valence-electron chi connectivity index (χ4n) is 3.75. The Bertz CT molecular complexity index is 937. The molecule has 4 rings (SSSR count). The van der Waals surface area contributed by atoms with Crippen LogP contribution in [0, 0.1) is 0 Å². The summed E-state index contributed by atoms with van der Waals surface area (Å²) in [5, 5.41) is 4.45. The van der Waals surface area contributed by atoms with Crippen molar-refractivity contribution in [1.29, 1.82) is 0 Å². The molecule has 1 saturated carbocycles. The third-order valence-electron chi connectivity index (χ3n) is 5.53. The van der Waals surface area contributed by atoms with Gasteiger partial charge in [0.1, 0.15) is 6.54 Å². The summed E-state index contributed by atoms with van der Waals surface area (Å²) in [6.07, 6.45) is -2.92. The molecule has 10 heteroatoms. The molecule has 30 heavy (non-hydrogen) atoms. The van der Waals surface area contributed by atoms with E-state index in [0.29, 0.717) is 43.4 Å². The summed E-state index contributed by atoms with van der Waals surface area (Å²) in [5.41, 5.74) is 0.559. The number of carbonyl (C=O) groups is 1. The van der Waals surface area contributed by atoms with Crippen LogP contribution in [-0.2, 0) is 24.1 Å². The molecule has 1 aromatic heterocycles. The van der Waals surface area contributed by atoms with Gasteiger partial charge < -0.3 is 4.90 Å². The van der Waals surface area contributed by atoms with E-state index in [1.54, 1.807) is 4.90 Å². The van der Waals surface area contributed by atoms with Crippen molar-refractivity contribution in [3.05, 3.63) is 50.7 Å². The Morgan fingerprint density at radius 2 is 1.83 bits per heavy atom. The second kappa shape index (κ2) is 8.51. The zero-order chi connectivity index (χ0) is 21.5. The average molecular weight is 506 g/mol. The van der Waals surface area contributed by atoms with E-state index in [9.17, 15) is 18.0 Å². The van der Waals surface area contributed by atoms with E-state index < -0.39 is 11.9 Å². The number of piperazine rings is 1. The Labute approximate surface area is 185 Å². The molecule has 2 aromatic rings. The molecule has 162 valence electrons. The predicted octanol–water partition coefficient (Wildman–Crippen LogP) is 4.54. The van der Waals surface area contributed by atoms with Gasteiger partial charge in [-0.25, -0.2) is 0 Å². The van der Waals surface area contributed by atoms with Gasteiger partial charge in [0.15, 0.2) is 5.69 Å². The van der Waals surface area contributed by atoms with E-state index in [-0.39, 0.29) is 22.8 Å². The molecule has 0 atom stereocenters. The smallest absolute Gasteiger partial charge is 0.339 e. The molecule has 0 unspecified atom stereocenters. The summed E-state index contributed by atoms with van der Waals surface area (Å²) in [4.78, 5) is 16.7. The fourth-order valence-corrected chi connectivity index (χ4v) is 4.78. The highest BCUT2D eigenvalue weighted by atomic mass is 79.9. The topological polar surface area (TPSA) is 41.4 Å². The summed E-state index contributed by atoms with van der Waals surface area (Å²) >= 11 is 9.28. The van der Waals surface area contributed by atoms with Crippen molar-refractivity contribution < 1.29 is 18.0 Å². The van der Waals surface area contributed by atoms with Crippen molar-refractivity contribution in [1.82, 2.24) is 19.6 Å². The third-order valence-corrected chi connectivity index (χ3v) is 6.68.